The number of hydroxylamine groups is 1. The summed E-state index contributed by atoms with van der Waals surface area (Å²) in [6, 6.07) is -0.720. The summed E-state index contributed by atoms with van der Waals surface area (Å²) in [6.45, 7) is 1.49. The molecule has 1 atom stereocenters. The number of methoxy groups -OCH3 is 1. The summed E-state index contributed by atoms with van der Waals surface area (Å²) < 4.78 is 4.46. The number of amides is 1. The molecule has 2 N–H and O–H groups in total. The SMILES string of the molecule is CONCC(NC(C)=O)C(=O)OC. The molecule has 0 aliphatic heterocycles. The van der Waals surface area contributed by atoms with E-state index in [1.165, 1.54) is 21.1 Å². The van der Waals surface area contributed by atoms with Crippen LogP contribution >= 0.6 is 0 Å². The normalized spacial score (nSPS) is 11.9. The van der Waals surface area contributed by atoms with Crippen molar-refractivity contribution in [3.05, 3.63) is 0 Å². The molecule has 6 nitrogen and oxygen atoms in total. The molecule has 1 amide bonds. The molecule has 0 aromatic heterocycles. The minimum atomic E-state index is -0.720. The maximum atomic E-state index is 11.0. The Morgan fingerprint density at radius 2 is 2.00 bits per heavy atom. The van der Waals surface area contributed by atoms with Crippen LogP contribution in [0.5, 0.6) is 0 Å². The maximum Gasteiger partial charge on any atom is 0.329 e. The van der Waals surface area contributed by atoms with Crippen molar-refractivity contribution in [1.82, 2.24) is 10.8 Å². The summed E-state index contributed by atoms with van der Waals surface area (Å²) >= 11 is 0. The summed E-state index contributed by atoms with van der Waals surface area (Å²) in [7, 11) is 2.67. The largest absolute Gasteiger partial charge is 0.467 e. The average Bonchev–Trinajstić information content (AvgIpc) is 2.10. The van der Waals surface area contributed by atoms with Gasteiger partial charge in [-0.3, -0.25) is 4.79 Å². The minimum Gasteiger partial charge on any atom is -0.467 e. The molecule has 0 saturated carbocycles. The highest BCUT2D eigenvalue weighted by molar-refractivity contribution is 5.83. The Bertz CT molecular complexity index is 183. The Hall–Kier alpha value is -1.14. The minimum absolute atomic E-state index is 0.169. The predicted octanol–water partition coefficient (Wildman–Crippen LogP) is -1.18. The molecule has 1 unspecified atom stereocenters. The lowest BCUT2D eigenvalue weighted by Crippen LogP contribution is -2.46. The quantitative estimate of drug-likeness (QED) is 0.421. The van der Waals surface area contributed by atoms with Crippen molar-refractivity contribution in [1.29, 1.82) is 0 Å². The third-order valence-corrected chi connectivity index (χ3v) is 1.29. The van der Waals surface area contributed by atoms with Crippen LogP contribution in [0.1, 0.15) is 6.92 Å². The number of ether oxygens (including phenoxy) is 1. The molecule has 13 heavy (non-hydrogen) atoms. The third kappa shape index (κ3) is 5.15. The van der Waals surface area contributed by atoms with Crippen molar-refractivity contribution in [3.63, 3.8) is 0 Å². The molecular weight excluding hydrogens is 176 g/mol. The molecule has 0 fully saturated rings. The van der Waals surface area contributed by atoms with Crippen molar-refractivity contribution in [2.75, 3.05) is 20.8 Å². The maximum absolute atomic E-state index is 11.0. The molecule has 0 rings (SSSR count). The zero-order valence-corrected chi connectivity index (χ0v) is 7.92. The highest BCUT2D eigenvalue weighted by Crippen LogP contribution is 1.86. The molecule has 0 bridgehead atoms. The van der Waals surface area contributed by atoms with E-state index in [1.807, 2.05) is 0 Å². The predicted molar refractivity (Wildman–Crippen MR) is 44.6 cm³/mol. The number of esters is 1. The van der Waals surface area contributed by atoms with Crippen molar-refractivity contribution < 1.29 is 19.2 Å². The van der Waals surface area contributed by atoms with Gasteiger partial charge in [-0.05, 0) is 0 Å². The van der Waals surface area contributed by atoms with Gasteiger partial charge in [-0.25, -0.2) is 10.3 Å². The number of hydrogen-bond acceptors (Lipinski definition) is 5. The Morgan fingerprint density at radius 1 is 1.38 bits per heavy atom. The molecule has 76 valence electrons. The Morgan fingerprint density at radius 3 is 2.38 bits per heavy atom. The van der Waals surface area contributed by atoms with Gasteiger partial charge in [0.2, 0.25) is 5.91 Å². The molecule has 0 radical (unpaired) electrons. The number of nitrogens with one attached hydrogen (secondary N) is 2. The van der Waals surface area contributed by atoms with E-state index in [1.54, 1.807) is 0 Å². The van der Waals surface area contributed by atoms with Crippen molar-refractivity contribution >= 4 is 11.9 Å². The highest BCUT2D eigenvalue weighted by Gasteiger charge is 2.19. The molecule has 0 aromatic rings. The van der Waals surface area contributed by atoms with E-state index in [-0.39, 0.29) is 12.5 Å². The van der Waals surface area contributed by atoms with Gasteiger partial charge in [0.25, 0.3) is 0 Å². The van der Waals surface area contributed by atoms with Gasteiger partial charge in [-0.15, -0.1) is 0 Å². The fourth-order valence-corrected chi connectivity index (χ4v) is 0.748. The number of hydrogen-bond donors (Lipinski definition) is 2. The lowest BCUT2D eigenvalue weighted by Gasteiger charge is -2.14. The summed E-state index contributed by atoms with van der Waals surface area (Å²) in [5, 5.41) is 2.41. The number of carbonyl (C=O) groups is 2. The van der Waals surface area contributed by atoms with Gasteiger partial charge >= 0.3 is 5.97 Å². The van der Waals surface area contributed by atoms with Crippen LogP contribution in [0.2, 0.25) is 0 Å². The second-order valence-corrected chi connectivity index (χ2v) is 2.33. The third-order valence-electron chi connectivity index (χ3n) is 1.29. The van der Waals surface area contributed by atoms with Crippen molar-refractivity contribution in [2.45, 2.75) is 13.0 Å². The van der Waals surface area contributed by atoms with E-state index in [2.05, 4.69) is 20.4 Å². The second-order valence-electron chi connectivity index (χ2n) is 2.33. The molecule has 0 aliphatic carbocycles. The summed E-state index contributed by atoms with van der Waals surface area (Å²) in [5.41, 5.74) is 2.45. The van der Waals surface area contributed by atoms with Gasteiger partial charge < -0.3 is 14.9 Å². The van der Waals surface area contributed by atoms with Crippen LogP contribution in [0.3, 0.4) is 0 Å². The summed E-state index contributed by atoms with van der Waals surface area (Å²) in [6.07, 6.45) is 0. The first kappa shape index (κ1) is 11.9. The van der Waals surface area contributed by atoms with Crippen LogP contribution in [0.15, 0.2) is 0 Å². The van der Waals surface area contributed by atoms with Gasteiger partial charge in [0, 0.05) is 6.92 Å². The van der Waals surface area contributed by atoms with Crippen LogP contribution < -0.4 is 10.8 Å². The molecule has 0 spiro atoms. The lowest BCUT2D eigenvalue weighted by atomic mass is 10.3. The van der Waals surface area contributed by atoms with Crippen molar-refractivity contribution in [2.24, 2.45) is 0 Å². The standard InChI is InChI=1S/C7H14N2O4/c1-5(10)9-6(4-8-13-3)7(11)12-2/h6,8H,4H2,1-3H3,(H,9,10). The van der Waals surface area contributed by atoms with Gasteiger partial charge in [-0.1, -0.05) is 0 Å². The van der Waals surface area contributed by atoms with Crippen molar-refractivity contribution in [3.8, 4) is 0 Å². The van der Waals surface area contributed by atoms with E-state index in [0.29, 0.717) is 0 Å². The van der Waals surface area contributed by atoms with Crippen LogP contribution in [0.4, 0.5) is 0 Å². The Labute approximate surface area is 76.5 Å². The van der Waals surface area contributed by atoms with Gasteiger partial charge in [0.05, 0.1) is 20.8 Å². The fraction of sp³-hybridized carbons (Fsp3) is 0.714. The van der Waals surface area contributed by atoms with Gasteiger partial charge in [-0.2, -0.15) is 0 Å². The summed E-state index contributed by atoms with van der Waals surface area (Å²) in [5.74, 6) is -0.812. The first-order valence-corrected chi connectivity index (χ1v) is 3.72. The Balaban J connectivity index is 4.02. The first-order chi connectivity index (χ1) is 6.11. The van der Waals surface area contributed by atoms with E-state index in [0.717, 1.165) is 0 Å². The van der Waals surface area contributed by atoms with Gasteiger partial charge in [0.1, 0.15) is 6.04 Å². The first-order valence-electron chi connectivity index (χ1n) is 3.72. The van der Waals surface area contributed by atoms with Crippen LogP contribution in [-0.2, 0) is 19.2 Å². The molecule has 0 saturated heterocycles. The van der Waals surface area contributed by atoms with E-state index in [4.69, 9.17) is 0 Å². The molecule has 0 aliphatic rings. The summed E-state index contributed by atoms with van der Waals surface area (Å²) in [4.78, 5) is 26.2. The van der Waals surface area contributed by atoms with Crippen LogP contribution in [0, 0.1) is 0 Å². The molecule has 0 heterocycles. The fourth-order valence-electron chi connectivity index (χ4n) is 0.748. The molecule has 6 heteroatoms. The van der Waals surface area contributed by atoms with Crippen LogP contribution in [-0.4, -0.2) is 38.7 Å². The second kappa shape index (κ2) is 6.38. The Kier molecular flexibility index (Phi) is 5.82. The van der Waals surface area contributed by atoms with E-state index < -0.39 is 12.0 Å². The molecule has 0 aromatic carbocycles. The van der Waals surface area contributed by atoms with Gasteiger partial charge in [0.15, 0.2) is 0 Å². The zero-order chi connectivity index (χ0) is 10.3. The zero-order valence-electron chi connectivity index (χ0n) is 7.92. The lowest BCUT2D eigenvalue weighted by molar-refractivity contribution is -0.145. The van der Waals surface area contributed by atoms with E-state index in [9.17, 15) is 9.59 Å². The van der Waals surface area contributed by atoms with E-state index >= 15 is 0 Å². The smallest absolute Gasteiger partial charge is 0.329 e. The number of carbonyl (C=O) groups excluding carboxylic acids is 2. The number of rotatable bonds is 5. The van der Waals surface area contributed by atoms with Crippen LogP contribution in [0.25, 0.3) is 0 Å². The highest BCUT2D eigenvalue weighted by atomic mass is 16.6. The topological polar surface area (TPSA) is 76.7 Å². The molecular formula is C7H14N2O4. The average molecular weight is 190 g/mol. The monoisotopic (exact) mass is 190 g/mol.